The van der Waals surface area contributed by atoms with Gasteiger partial charge in [-0.3, -0.25) is 9.59 Å². The lowest BCUT2D eigenvalue weighted by molar-refractivity contribution is -0.119. The van der Waals surface area contributed by atoms with Crippen molar-refractivity contribution in [3.63, 3.8) is 0 Å². The predicted molar refractivity (Wildman–Crippen MR) is 126 cm³/mol. The summed E-state index contributed by atoms with van der Waals surface area (Å²) in [5, 5.41) is 5.82. The molecule has 166 valence electrons. The summed E-state index contributed by atoms with van der Waals surface area (Å²) in [7, 11) is 0. The minimum absolute atomic E-state index is 0.0138. The number of hydrogen-bond acceptors (Lipinski definition) is 5. The molecular weight excluding hydrogens is 404 g/mol. The minimum atomic E-state index is -0.168. The van der Waals surface area contributed by atoms with Crippen LogP contribution in [0.2, 0.25) is 0 Å². The van der Waals surface area contributed by atoms with E-state index in [-0.39, 0.29) is 11.5 Å². The summed E-state index contributed by atoms with van der Waals surface area (Å²) in [6.45, 7) is 6.61. The summed E-state index contributed by atoms with van der Waals surface area (Å²) in [6, 6.07) is 12.1. The van der Waals surface area contributed by atoms with Crippen LogP contribution in [-0.2, 0) is 17.8 Å². The second-order valence-corrected chi connectivity index (χ2v) is 7.49. The van der Waals surface area contributed by atoms with Gasteiger partial charge in [0.15, 0.2) is 5.82 Å². The van der Waals surface area contributed by atoms with Crippen LogP contribution in [0, 0.1) is 13.8 Å². The molecule has 0 saturated carbocycles. The van der Waals surface area contributed by atoms with Gasteiger partial charge in [-0.1, -0.05) is 30.3 Å². The van der Waals surface area contributed by atoms with Gasteiger partial charge in [-0.05, 0) is 43.0 Å². The average Bonchev–Trinajstić information content (AvgIpc) is 3.22. The van der Waals surface area contributed by atoms with E-state index < -0.39 is 0 Å². The Labute approximate surface area is 186 Å². The molecule has 0 aliphatic heterocycles. The zero-order chi connectivity index (χ0) is 22.9. The van der Waals surface area contributed by atoms with Crippen molar-refractivity contribution in [1.29, 1.82) is 0 Å². The predicted octanol–water partition coefficient (Wildman–Crippen LogP) is 3.01. The van der Waals surface area contributed by atoms with Gasteiger partial charge in [-0.25, -0.2) is 9.97 Å². The van der Waals surface area contributed by atoms with Gasteiger partial charge in [-0.15, -0.1) is 0 Å². The number of fused-ring (bicyclic) bond motifs is 1. The number of carbonyl (C=O) groups excluding carboxylic acids is 1. The Balaban J connectivity index is 0.000000182. The van der Waals surface area contributed by atoms with Crippen molar-refractivity contribution in [1.82, 2.24) is 24.7 Å². The highest BCUT2D eigenvalue weighted by molar-refractivity contribution is 5.72. The first-order valence-electron chi connectivity index (χ1n) is 10.4. The molecular formula is C24H28N6O2. The van der Waals surface area contributed by atoms with Gasteiger partial charge in [0, 0.05) is 50.5 Å². The van der Waals surface area contributed by atoms with E-state index in [4.69, 9.17) is 0 Å². The van der Waals surface area contributed by atoms with Crippen LogP contribution in [0.15, 0.2) is 66.0 Å². The lowest BCUT2D eigenvalue weighted by Gasteiger charge is -2.07. The Hall–Kier alpha value is -3.94. The number of pyridine rings is 1. The van der Waals surface area contributed by atoms with Crippen molar-refractivity contribution < 1.29 is 4.79 Å². The average molecular weight is 433 g/mol. The monoisotopic (exact) mass is 432 g/mol. The number of aryl methyl sites for hydroxylation is 2. The molecule has 0 spiro atoms. The van der Waals surface area contributed by atoms with Crippen LogP contribution < -0.4 is 16.2 Å². The largest absolute Gasteiger partial charge is 0.365 e. The van der Waals surface area contributed by atoms with E-state index in [1.54, 1.807) is 12.4 Å². The Kier molecular flexibility index (Phi) is 7.75. The van der Waals surface area contributed by atoms with Gasteiger partial charge in [0.1, 0.15) is 5.65 Å². The third-order valence-corrected chi connectivity index (χ3v) is 4.84. The van der Waals surface area contributed by atoms with Crippen molar-refractivity contribution in [3.05, 3.63) is 93.9 Å². The summed E-state index contributed by atoms with van der Waals surface area (Å²) in [4.78, 5) is 33.3. The molecule has 8 nitrogen and oxygen atoms in total. The molecule has 0 aliphatic carbocycles. The Morgan fingerprint density at radius 2 is 1.94 bits per heavy atom. The number of benzene rings is 1. The Morgan fingerprint density at radius 1 is 1.16 bits per heavy atom. The van der Waals surface area contributed by atoms with E-state index in [0.29, 0.717) is 18.9 Å². The second kappa shape index (κ2) is 10.9. The highest BCUT2D eigenvalue weighted by atomic mass is 16.1. The highest BCUT2D eigenvalue weighted by Gasteiger charge is 2.03. The first-order valence-corrected chi connectivity index (χ1v) is 10.4. The molecule has 3 N–H and O–H groups in total. The normalized spacial score (nSPS) is 10.3. The minimum Gasteiger partial charge on any atom is -0.365 e. The zero-order valence-corrected chi connectivity index (χ0v) is 18.6. The quantitative estimate of drug-likeness (QED) is 0.434. The lowest BCUT2D eigenvalue weighted by Crippen LogP contribution is -2.19. The number of nitrogens with zero attached hydrogens (tertiary/aromatic N) is 3. The number of H-pyrrole nitrogens is 1. The fourth-order valence-corrected chi connectivity index (χ4v) is 3.09. The molecule has 0 atom stereocenters. The number of imidazole rings is 1. The highest BCUT2D eigenvalue weighted by Crippen LogP contribution is 2.11. The Bertz CT molecular complexity index is 1230. The van der Waals surface area contributed by atoms with Gasteiger partial charge in [-0.2, -0.15) is 0 Å². The van der Waals surface area contributed by atoms with Crippen LogP contribution >= 0.6 is 0 Å². The summed E-state index contributed by atoms with van der Waals surface area (Å²) in [5.41, 5.74) is 5.02. The molecule has 4 aromatic rings. The molecule has 0 saturated heterocycles. The molecule has 1 aromatic carbocycles. The van der Waals surface area contributed by atoms with Gasteiger partial charge >= 0.3 is 0 Å². The van der Waals surface area contributed by atoms with Gasteiger partial charge in [0.2, 0.25) is 5.91 Å². The van der Waals surface area contributed by atoms with E-state index in [9.17, 15) is 9.59 Å². The van der Waals surface area contributed by atoms with E-state index in [2.05, 4.69) is 37.7 Å². The number of rotatable bonds is 6. The summed E-state index contributed by atoms with van der Waals surface area (Å²) >= 11 is 0. The van der Waals surface area contributed by atoms with Crippen molar-refractivity contribution in [2.24, 2.45) is 0 Å². The molecule has 32 heavy (non-hydrogen) atoms. The third kappa shape index (κ3) is 6.53. The maximum absolute atomic E-state index is 11.5. The fraction of sp³-hybridized carbons (Fsp3) is 0.250. The SMILES string of the molecule is CC(=O)NCc1cn2ccnc2cc1C.Cc1cnc(NCCc2ccccc2)c(=O)[nH]1. The number of carbonyl (C=O) groups is 1. The third-order valence-electron chi connectivity index (χ3n) is 4.84. The summed E-state index contributed by atoms with van der Waals surface area (Å²) in [5.74, 6) is 0.367. The number of amides is 1. The zero-order valence-electron chi connectivity index (χ0n) is 18.6. The maximum Gasteiger partial charge on any atom is 0.290 e. The Morgan fingerprint density at radius 3 is 2.66 bits per heavy atom. The number of nitrogens with one attached hydrogen (secondary N) is 3. The molecule has 4 rings (SSSR count). The van der Waals surface area contributed by atoms with E-state index in [0.717, 1.165) is 28.9 Å². The molecule has 0 fully saturated rings. The molecule has 0 aliphatic rings. The summed E-state index contributed by atoms with van der Waals surface area (Å²) < 4.78 is 1.95. The smallest absolute Gasteiger partial charge is 0.290 e. The van der Waals surface area contributed by atoms with E-state index in [1.165, 1.54) is 12.5 Å². The first kappa shape index (κ1) is 22.7. The topological polar surface area (TPSA) is 104 Å². The number of aromatic nitrogens is 4. The maximum atomic E-state index is 11.5. The van der Waals surface area contributed by atoms with Crippen LogP contribution in [0.1, 0.15) is 29.3 Å². The van der Waals surface area contributed by atoms with Crippen LogP contribution in [0.3, 0.4) is 0 Å². The van der Waals surface area contributed by atoms with Crippen molar-refractivity contribution >= 4 is 17.4 Å². The van der Waals surface area contributed by atoms with Crippen LogP contribution in [0.4, 0.5) is 5.82 Å². The van der Waals surface area contributed by atoms with Crippen LogP contribution in [0.25, 0.3) is 5.65 Å². The lowest BCUT2D eigenvalue weighted by atomic mass is 10.1. The molecule has 0 unspecified atom stereocenters. The molecule has 3 aromatic heterocycles. The van der Waals surface area contributed by atoms with Crippen LogP contribution in [-0.4, -0.2) is 31.8 Å². The van der Waals surface area contributed by atoms with Crippen LogP contribution in [0.5, 0.6) is 0 Å². The van der Waals surface area contributed by atoms with Crippen molar-refractivity contribution in [3.8, 4) is 0 Å². The van der Waals surface area contributed by atoms with Gasteiger partial charge in [0.05, 0.1) is 0 Å². The number of anilines is 1. The second-order valence-electron chi connectivity index (χ2n) is 7.49. The molecule has 3 heterocycles. The number of aromatic amines is 1. The molecule has 0 radical (unpaired) electrons. The van der Waals surface area contributed by atoms with Crippen molar-refractivity contribution in [2.45, 2.75) is 33.7 Å². The summed E-state index contributed by atoms with van der Waals surface area (Å²) in [6.07, 6.45) is 8.17. The standard InChI is InChI=1S/C13H15N3O.C11H13N3O/c1-10-9-15-12(13(17)16-10)14-8-7-11-5-3-2-4-6-11;1-8-5-11-12-3-4-14(11)7-10(8)6-13-9(2)15/h2-6,9H,7-8H2,1H3,(H,14,15)(H,16,17);3-5,7H,6H2,1-2H3,(H,13,15). The van der Waals surface area contributed by atoms with Gasteiger partial charge < -0.3 is 20.0 Å². The first-order chi connectivity index (χ1) is 15.4. The van der Waals surface area contributed by atoms with E-state index in [1.807, 2.05) is 54.9 Å². The van der Waals surface area contributed by atoms with Crippen molar-refractivity contribution in [2.75, 3.05) is 11.9 Å². The number of hydrogen-bond donors (Lipinski definition) is 3. The van der Waals surface area contributed by atoms with E-state index >= 15 is 0 Å². The van der Waals surface area contributed by atoms with Gasteiger partial charge in [0.25, 0.3) is 5.56 Å². The molecule has 0 bridgehead atoms. The molecule has 8 heteroatoms. The fourth-order valence-electron chi connectivity index (χ4n) is 3.09. The molecule has 1 amide bonds.